The van der Waals surface area contributed by atoms with E-state index in [0.29, 0.717) is 0 Å². The molecule has 25 heavy (non-hydrogen) atoms. The monoisotopic (exact) mass is 332 g/mol. The number of nitrogens with zero attached hydrogens (tertiary/aromatic N) is 2. The molecule has 0 aliphatic carbocycles. The molecular weight excluding hydrogens is 308 g/mol. The van der Waals surface area contributed by atoms with E-state index in [1.165, 1.54) is 19.3 Å². The third-order valence-corrected chi connectivity index (χ3v) is 4.14. The zero-order valence-corrected chi connectivity index (χ0v) is 14.7. The molecule has 0 unspecified atom stereocenters. The van der Waals surface area contributed by atoms with Crippen LogP contribution in [0.4, 0.5) is 0 Å². The molecule has 0 saturated heterocycles. The Labute approximate surface area is 149 Å². The summed E-state index contributed by atoms with van der Waals surface area (Å²) in [6, 6.07) is 18.2. The van der Waals surface area contributed by atoms with E-state index in [0.717, 1.165) is 41.3 Å². The third kappa shape index (κ3) is 4.90. The van der Waals surface area contributed by atoms with E-state index in [-0.39, 0.29) is 0 Å². The Morgan fingerprint density at radius 2 is 1.44 bits per heavy atom. The first-order valence-electron chi connectivity index (χ1n) is 8.97. The van der Waals surface area contributed by atoms with Gasteiger partial charge in [-0.25, -0.2) is 9.97 Å². The maximum atomic E-state index is 5.78. The molecule has 0 bridgehead atoms. The molecule has 128 valence electrons. The van der Waals surface area contributed by atoms with Gasteiger partial charge in [0.2, 0.25) is 0 Å². The summed E-state index contributed by atoms with van der Waals surface area (Å²) in [6.07, 6.45) is 8.61. The Balaban J connectivity index is 1.60. The largest absolute Gasteiger partial charge is 0.494 e. The predicted octanol–water partition coefficient (Wildman–Crippen LogP) is 5.77. The molecule has 3 nitrogen and oxygen atoms in total. The van der Waals surface area contributed by atoms with Crippen molar-refractivity contribution in [3.8, 4) is 28.3 Å². The van der Waals surface area contributed by atoms with Crippen LogP contribution in [-0.4, -0.2) is 16.6 Å². The second-order valence-corrected chi connectivity index (χ2v) is 6.09. The molecule has 3 aromatic rings. The van der Waals surface area contributed by atoms with Crippen molar-refractivity contribution in [1.29, 1.82) is 0 Å². The average Bonchev–Trinajstić information content (AvgIpc) is 2.69. The Morgan fingerprint density at radius 1 is 0.720 bits per heavy atom. The van der Waals surface area contributed by atoms with Crippen LogP contribution in [0.2, 0.25) is 0 Å². The van der Waals surface area contributed by atoms with Crippen molar-refractivity contribution < 1.29 is 4.74 Å². The summed E-state index contributed by atoms with van der Waals surface area (Å²) >= 11 is 0. The second-order valence-electron chi connectivity index (χ2n) is 6.09. The summed E-state index contributed by atoms with van der Waals surface area (Å²) in [4.78, 5) is 9.00. The van der Waals surface area contributed by atoms with Crippen molar-refractivity contribution in [3.05, 3.63) is 67.0 Å². The van der Waals surface area contributed by atoms with Crippen LogP contribution in [0.15, 0.2) is 67.0 Å². The van der Waals surface area contributed by atoms with Gasteiger partial charge in [0.05, 0.1) is 6.61 Å². The van der Waals surface area contributed by atoms with Crippen molar-refractivity contribution in [3.63, 3.8) is 0 Å². The molecule has 3 heteroatoms. The fraction of sp³-hybridized carbons (Fsp3) is 0.273. The Morgan fingerprint density at radius 3 is 2.12 bits per heavy atom. The number of benzene rings is 2. The zero-order valence-electron chi connectivity index (χ0n) is 14.7. The molecule has 2 aromatic carbocycles. The van der Waals surface area contributed by atoms with E-state index in [1.54, 1.807) is 0 Å². The van der Waals surface area contributed by atoms with Gasteiger partial charge in [0.1, 0.15) is 5.75 Å². The van der Waals surface area contributed by atoms with Gasteiger partial charge in [-0.05, 0) is 36.2 Å². The Bertz CT molecular complexity index is 752. The summed E-state index contributed by atoms with van der Waals surface area (Å²) in [7, 11) is 0. The molecule has 0 N–H and O–H groups in total. The first kappa shape index (κ1) is 17.2. The first-order chi connectivity index (χ1) is 12.4. The summed E-state index contributed by atoms with van der Waals surface area (Å²) < 4.78 is 5.78. The van der Waals surface area contributed by atoms with Gasteiger partial charge >= 0.3 is 0 Å². The van der Waals surface area contributed by atoms with Crippen LogP contribution in [0.3, 0.4) is 0 Å². The lowest BCUT2D eigenvalue weighted by molar-refractivity contribution is 0.305. The molecule has 0 aliphatic rings. The summed E-state index contributed by atoms with van der Waals surface area (Å²) in [5.74, 6) is 1.63. The molecule has 0 amide bonds. The third-order valence-electron chi connectivity index (χ3n) is 4.14. The lowest BCUT2D eigenvalue weighted by Crippen LogP contribution is -1.97. The lowest BCUT2D eigenvalue weighted by Gasteiger charge is -2.07. The number of aromatic nitrogens is 2. The van der Waals surface area contributed by atoms with Crippen molar-refractivity contribution in [2.75, 3.05) is 6.61 Å². The first-order valence-corrected chi connectivity index (χ1v) is 8.97. The molecule has 1 heterocycles. The fourth-order valence-electron chi connectivity index (χ4n) is 2.68. The minimum absolute atomic E-state index is 0.731. The molecular formula is C22H24N2O. The van der Waals surface area contributed by atoms with Gasteiger partial charge < -0.3 is 4.74 Å². The lowest BCUT2D eigenvalue weighted by atomic mass is 10.1. The molecule has 3 rings (SSSR count). The van der Waals surface area contributed by atoms with E-state index in [9.17, 15) is 0 Å². The topological polar surface area (TPSA) is 35.0 Å². The Kier molecular flexibility index (Phi) is 6.16. The minimum Gasteiger partial charge on any atom is -0.494 e. The highest BCUT2D eigenvalue weighted by molar-refractivity contribution is 5.63. The van der Waals surface area contributed by atoms with E-state index in [2.05, 4.69) is 29.0 Å². The fourth-order valence-corrected chi connectivity index (χ4v) is 2.68. The van der Waals surface area contributed by atoms with Crippen LogP contribution in [0.25, 0.3) is 22.5 Å². The van der Waals surface area contributed by atoms with Crippen LogP contribution >= 0.6 is 0 Å². The smallest absolute Gasteiger partial charge is 0.159 e. The molecule has 0 atom stereocenters. The quantitative estimate of drug-likeness (QED) is 0.491. The number of hydrogen-bond donors (Lipinski definition) is 0. The maximum Gasteiger partial charge on any atom is 0.159 e. The van der Waals surface area contributed by atoms with E-state index >= 15 is 0 Å². The van der Waals surface area contributed by atoms with Gasteiger partial charge in [0, 0.05) is 23.5 Å². The van der Waals surface area contributed by atoms with Crippen molar-refractivity contribution in [2.45, 2.75) is 32.6 Å². The summed E-state index contributed by atoms with van der Waals surface area (Å²) in [5, 5.41) is 0. The van der Waals surface area contributed by atoms with Crippen molar-refractivity contribution in [2.24, 2.45) is 0 Å². The second kappa shape index (κ2) is 8.97. The highest BCUT2D eigenvalue weighted by Crippen LogP contribution is 2.22. The number of ether oxygens (including phenoxy) is 1. The highest BCUT2D eigenvalue weighted by atomic mass is 16.5. The van der Waals surface area contributed by atoms with Gasteiger partial charge in [0.15, 0.2) is 5.82 Å². The zero-order chi connectivity index (χ0) is 17.3. The van der Waals surface area contributed by atoms with Gasteiger partial charge in [0.25, 0.3) is 0 Å². The maximum absolute atomic E-state index is 5.78. The summed E-state index contributed by atoms with van der Waals surface area (Å²) in [5.41, 5.74) is 3.15. The molecule has 0 radical (unpaired) electrons. The normalized spacial score (nSPS) is 10.6. The average molecular weight is 332 g/mol. The van der Waals surface area contributed by atoms with Crippen LogP contribution in [0.1, 0.15) is 32.6 Å². The molecule has 0 fully saturated rings. The van der Waals surface area contributed by atoms with Crippen molar-refractivity contribution in [1.82, 2.24) is 9.97 Å². The molecule has 0 aliphatic heterocycles. The van der Waals surface area contributed by atoms with E-state index in [1.807, 2.05) is 54.9 Å². The molecule has 0 spiro atoms. The highest BCUT2D eigenvalue weighted by Gasteiger charge is 2.03. The van der Waals surface area contributed by atoms with Crippen LogP contribution in [-0.2, 0) is 0 Å². The number of unbranched alkanes of at least 4 members (excludes halogenated alkanes) is 3. The van der Waals surface area contributed by atoms with Gasteiger partial charge in [-0.3, -0.25) is 0 Å². The van der Waals surface area contributed by atoms with Gasteiger partial charge in [-0.1, -0.05) is 56.5 Å². The van der Waals surface area contributed by atoms with E-state index < -0.39 is 0 Å². The number of hydrogen-bond acceptors (Lipinski definition) is 3. The summed E-state index contributed by atoms with van der Waals surface area (Å²) in [6.45, 7) is 3.00. The standard InChI is InChI=1S/C22H24N2O/c1-2-3-4-8-15-25-21-13-11-19(12-14-21)22-23-16-20(17-24-22)18-9-6-5-7-10-18/h5-7,9-14,16-17H,2-4,8,15H2,1H3. The van der Waals surface area contributed by atoms with E-state index in [4.69, 9.17) is 4.74 Å². The van der Waals surface area contributed by atoms with Crippen LogP contribution in [0, 0.1) is 0 Å². The van der Waals surface area contributed by atoms with Crippen LogP contribution in [0.5, 0.6) is 5.75 Å². The SMILES string of the molecule is CCCCCCOc1ccc(-c2ncc(-c3ccccc3)cn2)cc1. The van der Waals surface area contributed by atoms with Gasteiger partial charge in [-0.15, -0.1) is 0 Å². The predicted molar refractivity (Wildman–Crippen MR) is 103 cm³/mol. The Hall–Kier alpha value is -2.68. The molecule has 1 aromatic heterocycles. The molecule has 0 saturated carbocycles. The van der Waals surface area contributed by atoms with Crippen molar-refractivity contribution >= 4 is 0 Å². The number of rotatable bonds is 8. The minimum atomic E-state index is 0.731. The van der Waals surface area contributed by atoms with Gasteiger partial charge in [-0.2, -0.15) is 0 Å². The van der Waals surface area contributed by atoms with Crippen LogP contribution < -0.4 is 4.74 Å².